The van der Waals surface area contributed by atoms with E-state index >= 15 is 0 Å². The van der Waals surface area contributed by atoms with E-state index < -0.39 is 0 Å². The molecular formula is C19H26ClN3O3. The fourth-order valence-electron chi connectivity index (χ4n) is 3.53. The molecule has 1 atom stereocenters. The summed E-state index contributed by atoms with van der Waals surface area (Å²) in [7, 11) is 3.51. The minimum atomic E-state index is -0.159. The van der Waals surface area contributed by atoms with Gasteiger partial charge in [0.2, 0.25) is 5.91 Å². The van der Waals surface area contributed by atoms with E-state index in [9.17, 15) is 4.79 Å². The summed E-state index contributed by atoms with van der Waals surface area (Å²) in [5.74, 6) is 0.848. The summed E-state index contributed by atoms with van der Waals surface area (Å²) in [5.41, 5.74) is 1.58. The van der Waals surface area contributed by atoms with Crippen LogP contribution in [0, 0.1) is 5.41 Å². The van der Waals surface area contributed by atoms with Gasteiger partial charge in [-0.25, -0.2) is 4.98 Å². The highest BCUT2D eigenvalue weighted by Gasteiger charge is 2.36. The fraction of sp³-hybridized carbons (Fsp3) is 0.579. The van der Waals surface area contributed by atoms with Crippen molar-refractivity contribution in [1.82, 2.24) is 14.9 Å². The number of H-pyrrole nitrogens is 1. The number of aromatic amines is 1. The second kappa shape index (κ2) is 7.94. The Morgan fingerprint density at radius 1 is 1.46 bits per heavy atom. The Hall–Kier alpha value is -1.63. The zero-order valence-electron chi connectivity index (χ0n) is 15.5. The molecule has 6 nitrogen and oxygen atoms in total. The zero-order valence-corrected chi connectivity index (χ0v) is 16.3. The number of hydrogen-bond acceptors (Lipinski definition) is 4. The van der Waals surface area contributed by atoms with Crippen molar-refractivity contribution < 1.29 is 14.3 Å². The van der Waals surface area contributed by atoms with Crippen LogP contribution >= 0.6 is 11.6 Å². The van der Waals surface area contributed by atoms with Crippen LogP contribution in [0.25, 0.3) is 11.0 Å². The van der Waals surface area contributed by atoms with Crippen molar-refractivity contribution in [2.45, 2.75) is 32.2 Å². The lowest BCUT2D eigenvalue weighted by atomic mass is 9.77. The molecule has 0 bridgehead atoms. The summed E-state index contributed by atoms with van der Waals surface area (Å²) < 4.78 is 10.9. The van der Waals surface area contributed by atoms with Gasteiger partial charge in [0.05, 0.1) is 23.7 Å². The monoisotopic (exact) mass is 379 g/mol. The summed E-state index contributed by atoms with van der Waals surface area (Å²) in [6.45, 7) is 3.91. The molecule has 3 rings (SSSR count). The number of aromatic nitrogens is 2. The SMILES string of the molecule is COCC1(CC(=O)N(C)C(C)c2nc3ccc(Cl)cc3[nH]2)CCOCC1. The van der Waals surface area contributed by atoms with Crippen molar-refractivity contribution in [3.05, 3.63) is 29.0 Å². The van der Waals surface area contributed by atoms with Crippen LogP contribution in [0.15, 0.2) is 18.2 Å². The third kappa shape index (κ3) is 4.03. The van der Waals surface area contributed by atoms with Crippen molar-refractivity contribution in [2.24, 2.45) is 5.41 Å². The Labute approximate surface area is 158 Å². The highest BCUT2D eigenvalue weighted by molar-refractivity contribution is 6.31. The first-order chi connectivity index (χ1) is 12.4. The molecule has 142 valence electrons. The quantitative estimate of drug-likeness (QED) is 0.833. The van der Waals surface area contributed by atoms with E-state index in [1.165, 1.54) is 0 Å². The molecule has 1 aromatic carbocycles. The number of benzene rings is 1. The first kappa shape index (κ1) is 19.1. The van der Waals surface area contributed by atoms with Gasteiger partial charge in [-0.1, -0.05) is 11.6 Å². The van der Waals surface area contributed by atoms with Crippen molar-refractivity contribution in [3.8, 4) is 0 Å². The lowest BCUT2D eigenvalue weighted by Gasteiger charge is -2.37. The predicted octanol–water partition coefficient (Wildman–Crippen LogP) is 3.57. The topological polar surface area (TPSA) is 67.5 Å². The fourth-order valence-corrected chi connectivity index (χ4v) is 3.70. The molecule has 0 saturated carbocycles. The smallest absolute Gasteiger partial charge is 0.223 e. The summed E-state index contributed by atoms with van der Waals surface area (Å²) in [5, 5.41) is 0.658. The molecule has 1 N–H and O–H groups in total. The lowest BCUT2D eigenvalue weighted by Crippen LogP contribution is -2.40. The molecule has 1 unspecified atom stereocenters. The maximum atomic E-state index is 12.9. The molecule has 1 aliphatic heterocycles. The van der Waals surface area contributed by atoms with Gasteiger partial charge in [0.25, 0.3) is 0 Å². The summed E-state index contributed by atoms with van der Waals surface area (Å²) in [6.07, 6.45) is 2.15. The molecule has 7 heteroatoms. The van der Waals surface area contributed by atoms with Crippen LogP contribution in [-0.4, -0.2) is 54.8 Å². The first-order valence-corrected chi connectivity index (χ1v) is 9.29. The number of hydrogen-bond donors (Lipinski definition) is 1. The highest BCUT2D eigenvalue weighted by Crippen LogP contribution is 2.36. The van der Waals surface area contributed by atoms with Crippen LogP contribution < -0.4 is 0 Å². The Bertz CT molecular complexity index is 765. The zero-order chi connectivity index (χ0) is 18.7. The first-order valence-electron chi connectivity index (χ1n) is 8.92. The molecule has 1 aromatic heterocycles. The van der Waals surface area contributed by atoms with E-state index in [2.05, 4.69) is 9.97 Å². The van der Waals surface area contributed by atoms with E-state index in [-0.39, 0.29) is 17.4 Å². The van der Waals surface area contributed by atoms with Crippen molar-refractivity contribution in [1.29, 1.82) is 0 Å². The maximum absolute atomic E-state index is 12.9. The number of nitrogens with zero attached hydrogens (tertiary/aromatic N) is 2. The number of nitrogens with one attached hydrogen (secondary N) is 1. The molecule has 0 aliphatic carbocycles. The molecule has 2 heterocycles. The standard InChI is InChI=1S/C19H26ClN3O3/c1-13(18-21-15-5-4-14(20)10-16(15)22-18)23(2)17(24)11-19(12-25-3)6-8-26-9-7-19/h4-5,10,13H,6-9,11-12H2,1-3H3,(H,21,22). The Balaban J connectivity index is 1.73. The molecule has 1 aliphatic rings. The average Bonchev–Trinajstić information content (AvgIpc) is 3.04. The normalized spacial score (nSPS) is 18.0. The number of imidazole rings is 1. The van der Waals surface area contributed by atoms with Gasteiger partial charge in [0, 0.05) is 44.2 Å². The summed E-state index contributed by atoms with van der Waals surface area (Å²) in [6, 6.07) is 5.38. The van der Waals surface area contributed by atoms with Crippen LogP contribution in [0.3, 0.4) is 0 Å². The van der Waals surface area contributed by atoms with E-state index in [4.69, 9.17) is 21.1 Å². The number of carbonyl (C=O) groups excluding carboxylic acids is 1. The van der Waals surface area contributed by atoms with Crippen molar-refractivity contribution in [2.75, 3.05) is 34.0 Å². The van der Waals surface area contributed by atoms with E-state index in [1.54, 1.807) is 12.0 Å². The lowest BCUT2D eigenvalue weighted by molar-refractivity contribution is -0.138. The molecular weight excluding hydrogens is 354 g/mol. The number of methoxy groups -OCH3 is 1. The largest absolute Gasteiger partial charge is 0.384 e. The average molecular weight is 380 g/mol. The molecule has 1 fully saturated rings. The number of fused-ring (bicyclic) bond motifs is 1. The van der Waals surface area contributed by atoms with Crippen LogP contribution in [0.4, 0.5) is 0 Å². The van der Waals surface area contributed by atoms with Crippen molar-refractivity contribution in [3.63, 3.8) is 0 Å². The number of rotatable bonds is 6. The predicted molar refractivity (Wildman–Crippen MR) is 101 cm³/mol. The summed E-state index contributed by atoms with van der Waals surface area (Å²) in [4.78, 5) is 22.6. The van der Waals surface area contributed by atoms with Crippen LogP contribution in [0.1, 0.15) is 38.1 Å². The van der Waals surface area contributed by atoms with Gasteiger partial charge in [-0.05, 0) is 38.0 Å². The minimum absolute atomic E-state index is 0.0925. The van der Waals surface area contributed by atoms with Crippen LogP contribution in [0.5, 0.6) is 0 Å². The highest BCUT2D eigenvalue weighted by atomic mass is 35.5. The molecule has 1 amide bonds. The minimum Gasteiger partial charge on any atom is -0.384 e. The van der Waals surface area contributed by atoms with E-state index in [1.807, 2.05) is 32.2 Å². The number of ether oxygens (including phenoxy) is 2. The third-order valence-electron chi connectivity index (χ3n) is 5.36. The number of carbonyl (C=O) groups is 1. The van der Waals surface area contributed by atoms with Crippen molar-refractivity contribution >= 4 is 28.5 Å². The molecule has 1 saturated heterocycles. The second-order valence-corrected chi connectivity index (χ2v) is 7.62. The maximum Gasteiger partial charge on any atom is 0.223 e. The molecule has 26 heavy (non-hydrogen) atoms. The number of halogens is 1. The van der Waals surface area contributed by atoms with Gasteiger partial charge in [-0.15, -0.1) is 0 Å². The Kier molecular flexibility index (Phi) is 5.85. The number of amides is 1. The Morgan fingerprint density at radius 3 is 2.88 bits per heavy atom. The van der Waals surface area contributed by atoms with E-state index in [0.717, 1.165) is 29.7 Å². The van der Waals surface area contributed by atoms with Crippen LogP contribution in [0.2, 0.25) is 5.02 Å². The Morgan fingerprint density at radius 2 is 2.19 bits per heavy atom. The molecule has 0 spiro atoms. The van der Waals surface area contributed by atoms with Crippen LogP contribution in [-0.2, 0) is 14.3 Å². The molecule has 0 radical (unpaired) electrons. The van der Waals surface area contributed by atoms with Gasteiger partial charge in [-0.3, -0.25) is 4.79 Å². The van der Waals surface area contributed by atoms with Gasteiger partial charge >= 0.3 is 0 Å². The third-order valence-corrected chi connectivity index (χ3v) is 5.60. The van der Waals surface area contributed by atoms with Gasteiger partial charge in [0.15, 0.2) is 0 Å². The molecule has 2 aromatic rings. The van der Waals surface area contributed by atoms with Gasteiger partial charge in [0.1, 0.15) is 5.82 Å². The van der Waals surface area contributed by atoms with Gasteiger partial charge in [-0.2, -0.15) is 0 Å². The van der Waals surface area contributed by atoms with Gasteiger partial charge < -0.3 is 19.4 Å². The summed E-state index contributed by atoms with van der Waals surface area (Å²) >= 11 is 6.04. The van der Waals surface area contributed by atoms with E-state index in [0.29, 0.717) is 31.3 Å². The second-order valence-electron chi connectivity index (χ2n) is 7.19.